The number of halogens is 1. The standard InChI is InChI=1S/C13H16N4.HI/c14-13(17-10-5-6-10)15-8-11-7-9-3-1-2-4-12(9)16-11;/h1-4,7,10,16H,5-6,8H2,(H3,14,15,17);1H. The first-order valence-electron chi connectivity index (χ1n) is 5.94. The van der Waals surface area contributed by atoms with E-state index in [1.165, 1.54) is 18.2 Å². The summed E-state index contributed by atoms with van der Waals surface area (Å²) in [5, 5.41) is 4.39. The Labute approximate surface area is 123 Å². The fourth-order valence-electron chi connectivity index (χ4n) is 1.87. The van der Waals surface area contributed by atoms with Crippen molar-refractivity contribution in [1.82, 2.24) is 10.3 Å². The van der Waals surface area contributed by atoms with Crippen LogP contribution < -0.4 is 11.1 Å². The molecule has 0 aliphatic heterocycles. The third kappa shape index (κ3) is 3.16. The Morgan fingerprint density at radius 3 is 2.89 bits per heavy atom. The number of nitrogens with two attached hydrogens (primary N) is 1. The van der Waals surface area contributed by atoms with Gasteiger partial charge in [0.1, 0.15) is 0 Å². The smallest absolute Gasteiger partial charge is 0.189 e. The molecule has 1 heterocycles. The number of H-pyrrole nitrogens is 1. The van der Waals surface area contributed by atoms with Crippen molar-refractivity contribution in [3.05, 3.63) is 36.0 Å². The molecular formula is C13H17IN4. The van der Waals surface area contributed by atoms with Crippen LogP contribution in [0.15, 0.2) is 35.3 Å². The Hall–Kier alpha value is -1.24. The topological polar surface area (TPSA) is 66.2 Å². The zero-order chi connectivity index (χ0) is 11.7. The zero-order valence-corrected chi connectivity index (χ0v) is 12.3. The van der Waals surface area contributed by atoms with Gasteiger partial charge in [-0.05, 0) is 30.4 Å². The average Bonchev–Trinajstić information content (AvgIpc) is 3.03. The molecule has 4 N–H and O–H groups in total. The lowest BCUT2D eigenvalue weighted by Crippen LogP contribution is -2.33. The quantitative estimate of drug-likeness (QED) is 0.449. The van der Waals surface area contributed by atoms with E-state index >= 15 is 0 Å². The second-order valence-electron chi connectivity index (χ2n) is 4.50. The van der Waals surface area contributed by atoms with Crippen molar-refractivity contribution in [3.63, 3.8) is 0 Å². The molecule has 18 heavy (non-hydrogen) atoms. The van der Waals surface area contributed by atoms with E-state index in [0.29, 0.717) is 18.5 Å². The molecule has 0 amide bonds. The zero-order valence-electron chi connectivity index (χ0n) is 10.0. The number of benzene rings is 1. The molecule has 5 heteroatoms. The molecule has 1 aliphatic rings. The van der Waals surface area contributed by atoms with Gasteiger partial charge in [0.2, 0.25) is 0 Å². The van der Waals surface area contributed by atoms with Crippen molar-refractivity contribution < 1.29 is 0 Å². The van der Waals surface area contributed by atoms with Crippen LogP contribution in [0.3, 0.4) is 0 Å². The summed E-state index contributed by atoms with van der Waals surface area (Å²) >= 11 is 0. The normalized spacial score (nSPS) is 15.4. The largest absolute Gasteiger partial charge is 0.370 e. The first-order valence-corrected chi connectivity index (χ1v) is 5.94. The van der Waals surface area contributed by atoms with Crippen LogP contribution in [0.1, 0.15) is 18.5 Å². The summed E-state index contributed by atoms with van der Waals surface area (Å²) in [6.07, 6.45) is 2.42. The Balaban J connectivity index is 0.00000120. The van der Waals surface area contributed by atoms with E-state index in [1.807, 2.05) is 12.1 Å². The highest BCUT2D eigenvalue weighted by molar-refractivity contribution is 14.0. The fraction of sp³-hybridized carbons (Fsp3) is 0.308. The number of para-hydroxylation sites is 1. The number of aromatic nitrogens is 1. The van der Waals surface area contributed by atoms with Gasteiger partial charge in [-0.25, -0.2) is 4.99 Å². The monoisotopic (exact) mass is 356 g/mol. The van der Waals surface area contributed by atoms with Gasteiger partial charge in [-0.3, -0.25) is 0 Å². The molecule has 1 aromatic carbocycles. The second kappa shape index (κ2) is 5.60. The average molecular weight is 356 g/mol. The minimum absolute atomic E-state index is 0. The van der Waals surface area contributed by atoms with Gasteiger partial charge >= 0.3 is 0 Å². The van der Waals surface area contributed by atoms with E-state index in [2.05, 4.69) is 33.5 Å². The molecule has 0 bridgehead atoms. The van der Waals surface area contributed by atoms with Crippen molar-refractivity contribution in [2.45, 2.75) is 25.4 Å². The van der Waals surface area contributed by atoms with Gasteiger partial charge in [0.25, 0.3) is 0 Å². The molecule has 2 aromatic rings. The van der Waals surface area contributed by atoms with Crippen LogP contribution in [-0.4, -0.2) is 17.0 Å². The lowest BCUT2D eigenvalue weighted by molar-refractivity contribution is 0.875. The van der Waals surface area contributed by atoms with E-state index in [0.717, 1.165) is 11.2 Å². The number of aliphatic imine (C=N–C) groups is 1. The van der Waals surface area contributed by atoms with Gasteiger partial charge in [-0.15, -0.1) is 24.0 Å². The molecule has 0 radical (unpaired) electrons. The van der Waals surface area contributed by atoms with Crippen LogP contribution in [0, 0.1) is 0 Å². The number of hydrogen-bond donors (Lipinski definition) is 3. The summed E-state index contributed by atoms with van der Waals surface area (Å²) in [5.74, 6) is 0.547. The van der Waals surface area contributed by atoms with Crippen LogP contribution in [0.25, 0.3) is 10.9 Å². The predicted molar refractivity (Wildman–Crippen MR) is 85.2 cm³/mol. The van der Waals surface area contributed by atoms with Gasteiger partial charge in [0.15, 0.2) is 5.96 Å². The highest BCUT2D eigenvalue weighted by Gasteiger charge is 2.21. The van der Waals surface area contributed by atoms with E-state index in [1.54, 1.807) is 0 Å². The minimum Gasteiger partial charge on any atom is -0.370 e. The molecule has 96 valence electrons. The number of rotatable bonds is 3. The highest BCUT2D eigenvalue weighted by atomic mass is 127. The maximum Gasteiger partial charge on any atom is 0.189 e. The molecule has 0 unspecified atom stereocenters. The molecule has 3 rings (SSSR count). The summed E-state index contributed by atoms with van der Waals surface area (Å²) in [6, 6.07) is 10.9. The van der Waals surface area contributed by atoms with Gasteiger partial charge in [-0.1, -0.05) is 18.2 Å². The summed E-state index contributed by atoms with van der Waals surface area (Å²) in [5.41, 5.74) is 8.02. The van der Waals surface area contributed by atoms with Crippen LogP contribution in [0.5, 0.6) is 0 Å². The SMILES string of the molecule is I.NC(=NCc1cc2ccccc2[nH]1)NC1CC1. The van der Waals surface area contributed by atoms with Crippen molar-refractivity contribution in [3.8, 4) is 0 Å². The molecule has 0 atom stereocenters. The van der Waals surface area contributed by atoms with Crippen LogP contribution in [0.2, 0.25) is 0 Å². The number of guanidine groups is 1. The number of fused-ring (bicyclic) bond motifs is 1. The Kier molecular flexibility index (Phi) is 4.11. The first kappa shape index (κ1) is 13.2. The van der Waals surface area contributed by atoms with E-state index in [9.17, 15) is 0 Å². The Morgan fingerprint density at radius 2 is 2.17 bits per heavy atom. The number of aromatic amines is 1. The molecule has 1 saturated carbocycles. The molecule has 0 saturated heterocycles. The predicted octanol–water partition coefficient (Wildman–Crippen LogP) is 2.35. The summed E-state index contributed by atoms with van der Waals surface area (Å²) < 4.78 is 0. The Bertz CT molecular complexity index is 524. The Morgan fingerprint density at radius 1 is 1.39 bits per heavy atom. The molecule has 1 aromatic heterocycles. The lowest BCUT2D eigenvalue weighted by atomic mass is 10.2. The van der Waals surface area contributed by atoms with Gasteiger partial charge in [0, 0.05) is 17.3 Å². The van der Waals surface area contributed by atoms with Crippen LogP contribution in [0.4, 0.5) is 0 Å². The van der Waals surface area contributed by atoms with Crippen molar-refractivity contribution in [1.29, 1.82) is 0 Å². The molecular weight excluding hydrogens is 339 g/mol. The van der Waals surface area contributed by atoms with Crippen molar-refractivity contribution in [2.24, 2.45) is 10.7 Å². The molecule has 1 aliphatic carbocycles. The maximum absolute atomic E-state index is 5.78. The molecule has 0 spiro atoms. The number of nitrogens with zero attached hydrogens (tertiary/aromatic N) is 1. The molecule has 1 fully saturated rings. The van der Waals surface area contributed by atoms with Gasteiger partial charge in [-0.2, -0.15) is 0 Å². The van der Waals surface area contributed by atoms with Crippen molar-refractivity contribution >= 4 is 40.8 Å². The van der Waals surface area contributed by atoms with E-state index in [-0.39, 0.29) is 24.0 Å². The number of nitrogens with one attached hydrogen (secondary N) is 2. The van der Waals surface area contributed by atoms with Crippen LogP contribution in [-0.2, 0) is 6.54 Å². The second-order valence-corrected chi connectivity index (χ2v) is 4.50. The third-order valence-electron chi connectivity index (χ3n) is 2.93. The minimum atomic E-state index is 0. The summed E-state index contributed by atoms with van der Waals surface area (Å²) in [7, 11) is 0. The van der Waals surface area contributed by atoms with Crippen molar-refractivity contribution in [2.75, 3.05) is 0 Å². The fourth-order valence-corrected chi connectivity index (χ4v) is 1.87. The molecule has 4 nitrogen and oxygen atoms in total. The third-order valence-corrected chi connectivity index (χ3v) is 2.93. The van der Waals surface area contributed by atoms with Gasteiger partial charge < -0.3 is 16.0 Å². The summed E-state index contributed by atoms with van der Waals surface area (Å²) in [4.78, 5) is 7.65. The lowest BCUT2D eigenvalue weighted by Gasteiger charge is -2.01. The highest BCUT2D eigenvalue weighted by Crippen LogP contribution is 2.18. The van der Waals surface area contributed by atoms with Crippen LogP contribution >= 0.6 is 24.0 Å². The first-order chi connectivity index (χ1) is 8.31. The summed E-state index contributed by atoms with van der Waals surface area (Å²) in [6.45, 7) is 0.597. The maximum atomic E-state index is 5.78. The van der Waals surface area contributed by atoms with E-state index in [4.69, 9.17) is 5.73 Å². The van der Waals surface area contributed by atoms with Gasteiger partial charge in [0.05, 0.1) is 6.54 Å². The number of hydrogen-bond acceptors (Lipinski definition) is 1. The van der Waals surface area contributed by atoms with E-state index < -0.39 is 0 Å².